The first-order chi connectivity index (χ1) is 18.0. The molecular weight excluding hydrogens is 468 g/mol. The van der Waals surface area contributed by atoms with Gasteiger partial charge in [-0.05, 0) is 56.1 Å². The fourth-order valence-electron chi connectivity index (χ4n) is 3.82. The average molecular weight is 505 g/mol. The summed E-state index contributed by atoms with van der Waals surface area (Å²) in [5, 5.41) is 2.98. The highest BCUT2D eigenvalue weighted by molar-refractivity contribution is 5.78. The van der Waals surface area contributed by atoms with Gasteiger partial charge in [-0.2, -0.15) is 0 Å². The number of aromatic nitrogens is 2. The van der Waals surface area contributed by atoms with Crippen molar-refractivity contribution in [3.8, 4) is 22.9 Å². The molecule has 1 aromatic heterocycles. The van der Waals surface area contributed by atoms with Crippen molar-refractivity contribution in [3.63, 3.8) is 0 Å². The Hall–Kier alpha value is -3.91. The van der Waals surface area contributed by atoms with Gasteiger partial charge in [-0.3, -0.25) is 9.59 Å². The van der Waals surface area contributed by atoms with E-state index in [0.717, 1.165) is 55.0 Å². The van der Waals surface area contributed by atoms with Crippen LogP contribution in [-0.4, -0.2) is 61.7 Å². The minimum absolute atomic E-state index is 0.0132. The number of nitrogens with one attached hydrogen (secondary N) is 2. The minimum Gasteiger partial charge on any atom is -0.497 e. The molecule has 0 radical (unpaired) electrons. The number of hydrogen-bond donors (Lipinski definition) is 2. The van der Waals surface area contributed by atoms with Crippen molar-refractivity contribution >= 4 is 12.0 Å². The van der Waals surface area contributed by atoms with Gasteiger partial charge < -0.3 is 24.7 Å². The van der Waals surface area contributed by atoms with Crippen LogP contribution in [0.15, 0.2) is 65.6 Å². The van der Waals surface area contributed by atoms with E-state index in [1.807, 2.05) is 54.6 Å². The van der Waals surface area contributed by atoms with Gasteiger partial charge in [-0.25, -0.2) is 4.98 Å². The van der Waals surface area contributed by atoms with Gasteiger partial charge in [0.25, 0.3) is 5.56 Å². The summed E-state index contributed by atoms with van der Waals surface area (Å²) in [6, 6.07) is 15.0. The summed E-state index contributed by atoms with van der Waals surface area (Å²) in [4.78, 5) is 32.7. The number of benzene rings is 2. The van der Waals surface area contributed by atoms with Crippen molar-refractivity contribution in [3.05, 3.63) is 82.3 Å². The van der Waals surface area contributed by atoms with Crippen LogP contribution in [0.2, 0.25) is 0 Å². The normalized spacial score (nSPS) is 11.1. The van der Waals surface area contributed by atoms with E-state index in [0.29, 0.717) is 18.8 Å². The molecule has 0 aliphatic heterocycles. The van der Waals surface area contributed by atoms with Crippen molar-refractivity contribution in [1.29, 1.82) is 0 Å². The minimum atomic E-state index is -0.183. The van der Waals surface area contributed by atoms with Crippen molar-refractivity contribution in [2.75, 3.05) is 40.9 Å². The lowest BCUT2D eigenvalue weighted by atomic mass is 10.1. The molecule has 2 N–H and O–H groups in total. The average Bonchev–Trinajstić information content (AvgIpc) is 2.91. The van der Waals surface area contributed by atoms with E-state index in [9.17, 15) is 9.59 Å². The Morgan fingerprint density at radius 2 is 1.76 bits per heavy atom. The zero-order chi connectivity index (χ0) is 26.5. The summed E-state index contributed by atoms with van der Waals surface area (Å²) in [6.45, 7) is 2.58. The van der Waals surface area contributed by atoms with E-state index < -0.39 is 0 Å². The molecule has 1 heterocycles. The zero-order valence-corrected chi connectivity index (χ0v) is 21.8. The Bertz CT molecular complexity index is 1200. The predicted octanol–water partition coefficient (Wildman–Crippen LogP) is 3.93. The van der Waals surface area contributed by atoms with Gasteiger partial charge in [0.1, 0.15) is 17.3 Å². The lowest BCUT2D eigenvalue weighted by molar-refractivity contribution is -0.120. The Morgan fingerprint density at radius 3 is 2.43 bits per heavy atom. The maximum absolute atomic E-state index is 12.1. The largest absolute Gasteiger partial charge is 0.497 e. The highest BCUT2D eigenvalue weighted by Gasteiger charge is 2.05. The number of ether oxygens (including phenoxy) is 2. The SMILES string of the molecule is COc1cc(CCN(C)CCCCNC(=O)C/C=C/c2ccc(-c3nccc(=O)[nH]3)cc2)cc(OC)c1. The number of aromatic amines is 1. The van der Waals surface area contributed by atoms with Crippen LogP contribution in [-0.2, 0) is 11.2 Å². The number of H-pyrrole nitrogens is 1. The van der Waals surface area contributed by atoms with E-state index in [1.54, 1.807) is 14.2 Å². The fourth-order valence-corrected chi connectivity index (χ4v) is 3.82. The third-order valence-corrected chi connectivity index (χ3v) is 5.95. The predicted molar refractivity (Wildman–Crippen MR) is 147 cm³/mol. The van der Waals surface area contributed by atoms with Crippen molar-refractivity contribution in [2.45, 2.75) is 25.7 Å². The van der Waals surface area contributed by atoms with Crippen molar-refractivity contribution in [2.24, 2.45) is 0 Å². The molecule has 0 aliphatic carbocycles. The number of methoxy groups -OCH3 is 2. The summed E-state index contributed by atoms with van der Waals surface area (Å²) in [5.74, 6) is 2.16. The molecule has 0 unspecified atom stereocenters. The molecule has 0 bridgehead atoms. The van der Waals surface area contributed by atoms with E-state index in [2.05, 4.69) is 27.2 Å². The van der Waals surface area contributed by atoms with Crippen LogP contribution < -0.4 is 20.3 Å². The second-order valence-corrected chi connectivity index (χ2v) is 8.84. The van der Waals surface area contributed by atoms with Crippen LogP contribution in [0.5, 0.6) is 11.5 Å². The van der Waals surface area contributed by atoms with Crippen LogP contribution in [0.1, 0.15) is 30.4 Å². The monoisotopic (exact) mass is 504 g/mol. The number of unbranched alkanes of at least 4 members (excludes halogenated alkanes) is 1. The lowest BCUT2D eigenvalue weighted by Gasteiger charge is -2.17. The molecule has 0 fully saturated rings. The molecule has 3 rings (SSSR count). The third kappa shape index (κ3) is 9.57. The zero-order valence-electron chi connectivity index (χ0n) is 21.8. The van der Waals surface area contributed by atoms with E-state index in [1.165, 1.54) is 17.8 Å². The fraction of sp³-hybridized carbons (Fsp3) is 0.345. The molecule has 196 valence electrons. The second-order valence-electron chi connectivity index (χ2n) is 8.84. The standard InChI is InChI=1S/C29H36N4O4/c1-33(18-14-23-19-25(36-2)21-26(20-23)37-3)17-5-4-15-30-27(34)8-6-7-22-9-11-24(12-10-22)29-31-16-13-28(35)32-29/h6-7,9-13,16,19-21H,4-5,8,14-15,17-18H2,1-3H3,(H,30,34)(H,31,32,35)/b7-6+. The summed E-state index contributed by atoms with van der Waals surface area (Å²) >= 11 is 0. The smallest absolute Gasteiger partial charge is 0.251 e. The molecule has 0 atom stereocenters. The summed E-state index contributed by atoms with van der Waals surface area (Å²) in [6.07, 6.45) is 8.45. The van der Waals surface area contributed by atoms with Crippen molar-refractivity contribution in [1.82, 2.24) is 20.2 Å². The maximum Gasteiger partial charge on any atom is 0.251 e. The number of nitrogens with zero attached hydrogens (tertiary/aromatic N) is 2. The first-order valence-corrected chi connectivity index (χ1v) is 12.5. The quantitative estimate of drug-likeness (QED) is 0.323. The van der Waals surface area contributed by atoms with Crippen LogP contribution in [0, 0.1) is 0 Å². The maximum atomic E-state index is 12.1. The molecule has 37 heavy (non-hydrogen) atoms. The van der Waals surface area contributed by atoms with E-state index in [4.69, 9.17) is 9.47 Å². The molecule has 0 spiro atoms. The molecule has 0 aliphatic rings. The molecule has 2 aromatic carbocycles. The molecule has 3 aromatic rings. The number of amides is 1. The summed E-state index contributed by atoms with van der Waals surface area (Å²) in [7, 11) is 5.44. The molecular formula is C29H36N4O4. The Balaban J connectivity index is 1.29. The van der Waals surface area contributed by atoms with Gasteiger partial charge in [-0.15, -0.1) is 0 Å². The molecule has 8 heteroatoms. The van der Waals surface area contributed by atoms with E-state index >= 15 is 0 Å². The second kappa shape index (κ2) is 14.6. The summed E-state index contributed by atoms with van der Waals surface area (Å²) in [5.41, 5.74) is 2.81. The van der Waals surface area contributed by atoms with Gasteiger partial charge in [0.2, 0.25) is 5.91 Å². The summed E-state index contributed by atoms with van der Waals surface area (Å²) < 4.78 is 10.7. The Kier molecular flexibility index (Phi) is 10.9. The van der Waals surface area contributed by atoms with Gasteiger partial charge in [-0.1, -0.05) is 36.4 Å². The Labute approximate surface area is 218 Å². The van der Waals surface area contributed by atoms with Gasteiger partial charge >= 0.3 is 0 Å². The number of carbonyl (C=O) groups is 1. The number of hydrogen-bond acceptors (Lipinski definition) is 6. The third-order valence-electron chi connectivity index (χ3n) is 5.95. The molecule has 8 nitrogen and oxygen atoms in total. The van der Waals surface area contributed by atoms with Gasteiger partial charge in [0.15, 0.2) is 0 Å². The molecule has 0 saturated carbocycles. The number of carbonyl (C=O) groups excluding carboxylic acids is 1. The van der Waals surface area contributed by atoms with E-state index in [-0.39, 0.29) is 11.5 Å². The molecule has 0 saturated heterocycles. The molecule has 1 amide bonds. The highest BCUT2D eigenvalue weighted by Crippen LogP contribution is 2.23. The van der Waals surface area contributed by atoms with Crippen LogP contribution in [0.4, 0.5) is 0 Å². The van der Waals surface area contributed by atoms with Crippen LogP contribution in [0.25, 0.3) is 17.5 Å². The lowest BCUT2D eigenvalue weighted by Crippen LogP contribution is -2.26. The Morgan fingerprint density at radius 1 is 1.03 bits per heavy atom. The first kappa shape index (κ1) is 27.7. The number of rotatable bonds is 14. The first-order valence-electron chi connectivity index (χ1n) is 12.5. The van der Waals surface area contributed by atoms with Gasteiger partial charge in [0, 0.05) is 43.4 Å². The number of likely N-dealkylation sites (N-methyl/N-ethyl adjacent to an activating group) is 1. The van der Waals surface area contributed by atoms with Crippen LogP contribution in [0.3, 0.4) is 0 Å². The van der Waals surface area contributed by atoms with Crippen LogP contribution >= 0.6 is 0 Å². The van der Waals surface area contributed by atoms with Gasteiger partial charge in [0.05, 0.1) is 14.2 Å². The topological polar surface area (TPSA) is 96.5 Å². The highest BCUT2D eigenvalue weighted by atomic mass is 16.5. The van der Waals surface area contributed by atoms with Crippen molar-refractivity contribution < 1.29 is 14.3 Å².